The molecule has 11 heteroatoms. The Kier molecular flexibility index (Phi) is 9.69. The van der Waals surface area contributed by atoms with Crippen LogP contribution < -0.4 is 9.64 Å². The number of amides is 1. The molecule has 0 radical (unpaired) electrons. The molecule has 5 aliphatic rings. The number of ether oxygens (including phenoxy) is 2. The first-order valence-electron chi connectivity index (χ1n) is 18.0. The Morgan fingerprint density at radius 1 is 1.16 bits per heavy atom. The molecule has 5 atom stereocenters. The van der Waals surface area contributed by atoms with E-state index in [9.17, 15) is 24.2 Å². The van der Waals surface area contributed by atoms with Crippen LogP contribution in [0.15, 0.2) is 48.6 Å². The van der Waals surface area contributed by atoms with Crippen LogP contribution in [0.3, 0.4) is 0 Å². The normalized spacial score (nSPS) is 32.6. The van der Waals surface area contributed by atoms with Gasteiger partial charge in [-0.2, -0.15) is 0 Å². The minimum Gasteiger partial charge on any atom is -0.490 e. The minimum atomic E-state index is -2.42. The fraction of sp³-hybridized carbons (Fsp3) is 0.590. The minimum absolute atomic E-state index is 0.149. The summed E-state index contributed by atoms with van der Waals surface area (Å²) >= 11 is 6.46. The number of carboxylic acids is 1. The molecular formula is C39H49ClFN3O6. The highest BCUT2D eigenvalue weighted by molar-refractivity contribution is 6.30. The van der Waals surface area contributed by atoms with Gasteiger partial charge in [0.15, 0.2) is 5.60 Å². The number of halogens is 2. The number of nitrogens with zero attached hydrogens (tertiary/aromatic N) is 3. The van der Waals surface area contributed by atoms with Crippen LogP contribution in [0.4, 0.5) is 10.1 Å². The number of carboxylic acid groups (broad SMARTS) is 1. The van der Waals surface area contributed by atoms with Gasteiger partial charge in [0.25, 0.3) is 0 Å². The van der Waals surface area contributed by atoms with Crippen molar-refractivity contribution in [1.29, 1.82) is 0 Å². The molecule has 2 N–H and O–H groups in total. The predicted octanol–water partition coefficient (Wildman–Crippen LogP) is 5.35. The number of anilines is 1. The van der Waals surface area contributed by atoms with Crippen LogP contribution >= 0.6 is 11.6 Å². The summed E-state index contributed by atoms with van der Waals surface area (Å²) in [6.07, 6.45) is 8.05. The molecule has 3 heterocycles. The summed E-state index contributed by atoms with van der Waals surface area (Å²) in [6.45, 7) is 6.53. The van der Waals surface area contributed by atoms with Gasteiger partial charge in [-0.05, 0) is 90.8 Å². The molecule has 2 bridgehead atoms. The Bertz CT molecular complexity index is 1650. The SMILES string of the molecule is CN1CC/C=C/[C@H](OCCN2CC(F)C2)[C@@H]2CCC2(C)CN2C[C@@]3(CCCc4cc(Cl)ccc43)COc3ccc(cc32)[C@@](O)(C(=O)O)CC1=O. The third-order valence-corrected chi connectivity index (χ3v) is 12.4. The van der Waals surface area contributed by atoms with Crippen LogP contribution in [-0.2, 0) is 31.8 Å². The number of fused-ring (bicyclic) bond motifs is 4. The number of likely N-dealkylation sites (tertiary alicyclic amines) is 1. The van der Waals surface area contributed by atoms with E-state index in [1.54, 1.807) is 25.2 Å². The molecule has 1 amide bonds. The van der Waals surface area contributed by atoms with Gasteiger partial charge in [-0.1, -0.05) is 42.8 Å². The summed E-state index contributed by atoms with van der Waals surface area (Å²) < 4.78 is 26.7. The standard InChI is InChI=1S/C39H49ClFN3O6/c1-37-14-12-31(37)33(49-17-16-43-21-29(41)22-43)7-3-4-15-42(2)35(45)20-39(48,36(46)47)27-8-11-34-32(19-27)44(23-37)24-38(25-50-34)13-5-6-26-18-28(40)9-10-30(26)38/h3,7-11,18-19,29,31,33,48H,4-6,12-17,20-25H2,1-2H3,(H,46,47)/b7-3+/t31-,33-,37?,38-,39+/m0/s1. The molecule has 270 valence electrons. The Balaban J connectivity index is 1.28. The molecule has 3 aliphatic heterocycles. The van der Waals surface area contributed by atoms with Gasteiger partial charge >= 0.3 is 5.97 Å². The Morgan fingerprint density at radius 3 is 2.72 bits per heavy atom. The van der Waals surface area contributed by atoms with Gasteiger partial charge < -0.3 is 29.5 Å². The maximum Gasteiger partial charge on any atom is 0.340 e. The fourth-order valence-electron chi connectivity index (χ4n) is 8.94. The molecule has 2 aliphatic carbocycles. The lowest BCUT2D eigenvalue weighted by atomic mass is 9.58. The van der Waals surface area contributed by atoms with Crippen molar-refractivity contribution in [3.63, 3.8) is 0 Å². The van der Waals surface area contributed by atoms with Gasteiger partial charge in [0.05, 0.1) is 31.4 Å². The lowest BCUT2D eigenvalue weighted by Gasteiger charge is -2.53. The van der Waals surface area contributed by atoms with E-state index >= 15 is 0 Å². The second-order valence-corrected chi connectivity index (χ2v) is 16.1. The number of hydrogen-bond donors (Lipinski definition) is 2. The van der Waals surface area contributed by atoms with Crippen LogP contribution in [-0.4, -0.2) is 104 Å². The summed E-state index contributed by atoms with van der Waals surface area (Å²) in [5.74, 6) is -1.11. The molecule has 1 spiro atoms. The highest BCUT2D eigenvalue weighted by atomic mass is 35.5. The zero-order chi connectivity index (χ0) is 35.3. The van der Waals surface area contributed by atoms with Crippen molar-refractivity contribution in [2.75, 3.05) is 64.4 Å². The molecule has 9 nitrogen and oxygen atoms in total. The summed E-state index contributed by atoms with van der Waals surface area (Å²) in [5, 5.41) is 22.8. The monoisotopic (exact) mass is 709 g/mol. The summed E-state index contributed by atoms with van der Waals surface area (Å²) in [4.78, 5) is 32.0. The molecule has 7 rings (SSSR count). The largest absolute Gasteiger partial charge is 0.490 e. The van der Waals surface area contributed by atoms with E-state index in [-0.39, 0.29) is 28.4 Å². The van der Waals surface area contributed by atoms with Gasteiger partial charge in [-0.15, -0.1) is 0 Å². The summed E-state index contributed by atoms with van der Waals surface area (Å²) in [7, 11) is 1.63. The Labute approximate surface area is 299 Å². The van der Waals surface area contributed by atoms with Gasteiger partial charge in [-0.25, -0.2) is 9.18 Å². The van der Waals surface area contributed by atoms with E-state index < -0.39 is 30.1 Å². The highest BCUT2D eigenvalue weighted by Crippen LogP contribution is 2.53. The van der Waals surface area contributed by atoms with Crippen molar-refractivity contribution >= 4 is 29.2 Å². The first kappa shape index (κ1) is 35.2. The molecule has 1 unspecified atom stereocenters. The Morgan fingerprint density at radius 2 is 1.98 bits per heavy atom. The van der Waals surface area contributed by atoms with Crippen LogP contribution in [0.1, 0.15) is 62.1 Å². The number of aryl methyl sites for hydroxylation is 1. The van der Waals surface area contributed by atoms with E-state index in [0.717, 1.165) is 32.1 Å². The molecule has 0 aromatic heterocycles. The van der Waals surface area contributed by atoms with Crippen LogP contribution in [0.2, 0.25) is 5.02 Å². The molecule has 50 heavy (non-hydrogen) atoms. The third-order valence-electron chi connectivity index (χ3n) is 12.2. The van der Waals surface area contributed by atoms with Gasteiger partial charge in [0.1, 0.15) is 11.9 Å². The number of rotatable bonds is 5. The first-order chi connectivity index (χ1) is 23.9. The van der Waals surface area contributed by atoms with E-state index in [1.165, 1.54) is 16.0 Å². The molecule has 1 saturated heterocycles. The molecule has 2 aromatic rings. The fourth-order valence-corrected chi connectivity index (χ4v) is 9.13. The van der Waals surface area contributed by atoms with Crippen LogP contribution in [0.25, 0.3) is 0 Å². The number of hydrogen-bond acceptors (Lipinski definition) is 7. The van der Waals surface area contributed by atoms with E-state index in [1.807, 2.05) is 12.1 Å². The van der Waals surface area contributed by atoms with Gasteiger partial charge in [0, 0.05) is 56.8 Å². The number of alkyl halides is 1. The average molecular weight is 710 g/mol. The van der Waals surface area contributed by atoms with Gasteiger partial charge in [0.2, 0.25) is 5.91 Å². The Hall–Kier alpha value is -3.18. The predicted molar refractivity (Wildman–Crippen MR) is 190 cm³/mol. The molecular weight excluding hydrogens is 661 g/mol. The second-order valence-electron chi connectivity index (χ2n) is 15.6. The zero-order valence-electron chi connectivity index (χ0n) is 29.1. The lowest BCUT2D eigenvalue weighted by molar-refractivity contribution is -0.164. The zero-order valence-corrected chi connectivity index (χ0v) is 29.8. The van der Waals surface area contributed by atoms with Crippen molar-refractivity contribution in [2.24, 2.45) is 11.3 Å². The van der Waals surface area contributed by atoms with Crippen LogP contribution in [0.5, 0.6) is 5.75 Å². The average Bonchev–Trinajstić information content (AvgIpc) is 3.21. The number of aliphatic carboxylic acids is 1. The van der Waals surface area contributed by atoms with Crippen molar-refractivity contribution in [2.45, 2.75) is 75.2 Å². The van der Waals surface area contributed by atoms with Crippen molar-refractivity contribution in [1.82, 2.24) is 9.80 Å². The smallest absolute Gasteiger partial charge is 0.340 e. The van der Waals surface area contributed by atoms with E-state index in [4.69, 9.17) is 21.1 Å². The van der Waals surface area contributed by atoms with Crippen molar-refractivity contribution in [3.05, 3.63) is 70.3 Å². The van der Waals surface area contributed by atoms with Crippen molar-refractivity contribution in [3.8, 4) is 5.75 Å². The molecule has 2 fully saturated rings. The topological polar surface area (TPSA) is 103 Å². The van der Waals surface area contributed by atoms with E-state index in [0.29, 0.717) is 75.4 Å². The lowest BCUT2D eigenvalue weighted by Crippen LogP contribution is -2.55. The number of benzene rings is 2. The third kappa shape index (κ3) is 6.64. The number of carbonyl (C=O) groups excluding carboxylic acids is 1. The number of aliphatic hydroxyl groups is 1. The number of carbonyl (C=O) groups is 2. The maximum absolute atomic E-state index is 13.5. The first-order valence-corrected chi connectivity index (χ1v) is 18.4. The summed E-state index contributed by atoms with van der Waals surface area (Å²) in [6, 6.07) is 11.2. The van der Waals surface area contributed by atoms with E-state index in [2.05, 4.69) is 34.9 Å². The second kappa shape index (κ2) is 13.7. The van der Waals surface area contributed by atoms with Gasteiger partial charge in [-0.3, -0.25) is 9.69 Å². The molecule has 2 aromatic carbocycles. The maximum atomic E-state index is 13.5. The summed E-state index contributed by atoms with van der Waals surface area (Å²) in [5.41, 5.74) is 0.407. The molecule has 1 saturated carbocycles. The van der Waals surface area contributed by atoms with Crippen LogP contribution in [0, 0.1) is 11.3 Å². The highest BCUT2D eigenvalue weighted by Gasteiger charge is 2.50. The quantitative estimate of drug-likeness (QED) is 0.401. The van der Waals surface area contributed by atoms with Crippen molar-refractivity contribution < 1.29 is 33.7 Å².